The number of piperidine rings is 1. The van der Waals surface area contributed by atoms with E-state index in [0.717, 1.165) is 34.8 Å². The lowest BCUT2D eigenvalue weighted by Gasteiger charge is -2.40. The van der Waals surface area contributed by atoms with Crippen molar-refractivity contribution in [2.24, 2.45) is 0 Å². The van der Waals surface area contributed by atoms with Crippen molar-refractivity contribution in [1.82, 2.24) is 9.03 Å². The fourth-order valence-electron chi connectivity index (χ4n) is 3.67. The van der Waals surface area contributed by atoms with Gasteiger partial charge in [-0.15, -0.1) is 0 Å². The molecule has 2 aromatic rings. The average molecular weight is 555 g/mol. The summed E-state index contributed by atoms with van der Waals surface area (Å²) in [6.07, 6.45) is 1.33. The number of nitrogens with zero attached hydrogens (tertiary/aromatic N) is 1. The Bertz CT molecular complexity index is 1390. The maximum atomic E-state index is 14.3. The second kappa shape index (κ2) is 9.80. The van der Waals surface area contributed by atoms with Crippen LogP contribution in [0.1, 0.15) is 12.8 Å². The lowest BCUT2D eigenvalue weighted by atomic mass is 9.92. The van der Waals surface area contributed by atoms with Crippen molar-refractivity contribution in [2.75, 3.05) is 33.0 Å². The summed E-state index contributed by atoms with van der Waals surface area (Å²) < 4.78 is 99.6. The van der Waals surface area contributed by atoms with E-state index in [1.807, 2.05) is 0 Å². The van der Waals surface area contributed by atoms with Crippen LogP contribution in [-0.4, -0.2) is 68.2 Å². The van der Waals surface area contributed by atoms with E-state index in [2.05, 4.69) is 4.72 Å². The molecule has 3 rings (SSSR count). The summed E-state index contributed by atoms with van der Waals surface area (Å²) in [4.78, 5) is -1.83. The van der Waals surface area contributed by atoms with Crippen LogP contribution in [0.2, 0.25) is 5.02 Å². The van der Waals surface area contributed by atoms with Crippen LogP contribution in [0.5, 0.6) is 0 Å². The fraction of sp³-hybridized carbons (Fsp3) is 0.400. The molecule has 0 saturated carbocycles. The summed E-state index contributed by atoms with van der Waals surface area (Å²) in [5, 5.41) is -0.0299. The number of hydrogen-bond acceptors (Lipinski definition) is 7. The molecule has 0 bridgehead atoms. The van der Waals surface area contributed by atoms with Gasteiger partial charge in [0.25, 0.3) is 0 Å². The van der Waals surface area contributed by atoms with Crippen molar-refractivity contribution in [1.29, 1.82) is 0 Å². The average Bonchev–Trinajstić information content (AvgIpc) is 2.77. The van der Waals surface area contributed by atoms with E-state index < -0.39 is 56.0 Å². The third-order valence-electron chi connectivity index (χ3n) is 5.66. The highest BCUT2D eigenvalue weighted by Gasteiger charge is 2.41. The van der Waals surface area contributed by atoms with E-state index in [4.69, 9.17) is 16.3 Å². The second-order valence-electron chi connectivity index (χ2n) is 7.91. The third-order valence-corrected chi connectivity index (χ3v) is 10.5. The van der Waals surface area contributed by atoms with E-state index in [-0.39, 0.29) is 37.5 Å². The normalized spacial score (nSPS) is 17.5. The van der Waals surface area contributed by atoms with E-state index >= 15 is 0 Å². The van der Waals surface area contributed by atoms with Gasteiger partial charge >= 0.3 is 0 Å². The lowest BCUT2D eigenvalue weighted by molar-refractivity contribution is -0.0402. The van der Waals surface area contributed by atoms with Gasteiger partial charge in [-0.2, -0.15) is 4.31 Å². The molecule has 0 atom stereocenters. The Kier molecular flexibility index (Phi) is 7.78. The highest BCUT2D eigenvalue weighted by atomic mass is 35.5. The number of sulfonamides is 2. The molecule has 0 aliphatic carbocycles. The molecular formula is C20H24ClFN2O7S3. The number of methoxy groups -OCH3 is 1. The summed E-state index contributed by atoms with van der Waals surface area (Å²) in [5.41, 5.74) is -0.919. The van der Waals surface area contributed by atoms with Crippen molar-refractivity contribution >= 4 is 41.5 Å². The van der Waals surface area contributed by atoms with Gasteiger partial charge in [-0.05, 0) is 43.2 Å². The summed E-state index contributed by atoms with van der Waals surface area (Å²) in [7, 11) is -11.0. The number of hydrogen-bond donors (Lipinski definition) is 1. The predicted octanol–water partition coefficient (Wildman–Crippen LogP) is 2.03. The molecule has 34 heavy (non-hydrogen) atoms. The molecule has 0 amide bonds. The van der Waals surface area contributed by atoms with Crippen LogP contribution in [0, 0.1) is 5.82 Å². The van der Waals surface area contributed by atoms with Gasteiger partial charge in [0.05, 0.1) is 16.8 Å². The smallest absolute Gasteiger partial charge is 0.244 e. The number of benzene rings is 2. The number of rotatable bonds is 8. The number of sulfone groups is 1. The van der Waals surface area contributed by atoms with Crippen LogP contribution >= 0.6 is 11.6 Å². The molecule has 0 aromatic heterocycles. The van der Waals surface area contributed by atoms with Crippen LogP contribution in [0.25, 0.3) is 0 Å². The molecule has 0 unspecified atom stereocenters. The molecule has 1 N–H and O–H groups in total. The van der Waals surface area contributed by atoms with Gasteiger partial charge in [0.1, 0.15) is 15.6 Å². The summed E-state index contributed by atoms with van der Waals surface area (Å²) in [6.45, 7) is -0.142. The zero-order chi connectivity index (χ0) is 25.4. The molecule has 9 nitrogen and oxygen atoms in total. The van der Waals surface area contributed by atoms with Crippen LogP contribution in [0.3, 0.4) is 0 Å². The van der Waals surface area contributed by atoms with Gasteiger partial charge in [0.2, 0.25) is 29.9 Å². The summed E-state index contributed by atoms with van der Waals surface area (Å²) in [5.74, 6) is -1.02. The molecule has 1 heterocycles. The Hall–Kier alpha value is -1.61. The minimum Gasteiger partial charge on any atom is -0.377 e. The van der Waals surface area contributed by atoms with Gasteiger partial charge in [-0.3, -0.25) is 0 Å². The first-order valence-corrected chi connectivity index (χ1v) is 15.2. The van der Waals surface area contributed by atoms with E-state index in [1.165, 1.54) is 25.3 Å². The van der Waals surface area contributed by atoms with Gasteiger partial charge < -0.3 is 4.74 Å². The molecule has 1 aliphatic heterocycles. The standard InChI is InChI=1S/C20H24ClFN2O7S3/c1-31-20(14-23-32(2,25)26)9-11-24(12-10-20)34(29,30)18-8-7-15(21)13-19(18)33(27,28)17-6-4-3-5-16(17)22/h3-8,13,23H,9-12,14H2,1-2H3. The van der Waals surface area contributed by atoms with Gasteiger partial charge in [0, 0.05) is 31.8 Å². The Balaban J connectivity index is 1.97. The molecule has 0 radical (unpaired) electrons. The third kappa shape index (κ3) is 5.61. The van der Waals surface area contributed by atoms with Gasteiger partial charge in [0.15, 0.2) is 0 Å². The van der Waals surface area contributed by atoms with E-state index in [1.54, 1.807) is 0 Å². The molecule has 2 aromatic carbocycles. The molecule has 0 spiro atoms. The first-order chi connectivity index (χ1) is 15.7. The molecule has 1 aliphatic rings. The van der Waals surface area contributed by atoms with Gasteiger partial charge in [-0.1, -0.05) is 23.7 Å². The monoisotopic (exact) mass is 554 g/mol. The molecular weight excluding hydrogens is 531 g/mol. The second-order valence-corrected chi connectivity index (χ2v) is 14.0. The maximum Gasteiger partial charge on any atom is 0.244 e. The highest BCUT2D eigenvalue weighted by Crippen LogP contribution is 2.35. The quantitative estimate of drug-likeness (QED) is 0.529. The van der Waals surface area contributed by atoms with Crippen molar-refractivity contribution in [3.8, 4) is 0 Å². The zero-order valence-corrected chi connectivity index (χ0v) is 21.6. The number of nitrogens with one attached hydrogen (secondary N) is 1. The maximum absolute atomic E-state index is 14.3. The minimum absolute atomic E-state index is 0.0299. The molecule has 14 heteroatoms. The fourth-order valence-corrected chi connectivity index (χ4v) is 8.01. The Morgan fingerprint density at radius 1 is 1.00 bits per heavy atom. The number of ether oxygens (including phenoxy) is 1. The lowest BCUT2D eigenvalue weighted by Crippen LogP contribution is -2.53. The van der Waals surface area contributed by atoms with Crippen molar-refractivity contribution < 1.29 is 34.4 Å². The SMILES string of the molecule is COC1(CNS(C)(=O)=O)CCN(S(=O)(=O)c2ccc(Cl)cc2S(=O)(=O)c2ccccc2F)CC1. The van der Waals surface area contributed by atoms with Crippen molar-refractivity contribution in [3.63, 3.8) is 0 Å². The first kappa shape index (κ1) is 27.0. The first-order valence-electron chi connectivity index (χ1n) is 10.0. The van der Waals surface area contributed by atoms with E-state index in [9.17, 15) is 29.6 Å². The van der Waals surface area contributed by atoms with Crippen molar-refractivity contribution in [3.05, 3.63) is 53.3 Å². The highest BCUT2D eigenvalue weighted by molar-refractivity contribution is 7.93. The van der Waals surface area contributed by atoms with Crippen LogP contribution in [0.4, 0.5) is 4.39 Å². The van der Waals surface area contributed by atoms with Gasteiger partial charge in [-0.25, -0.2) is 34.4 Å². The summed E-state index contributed by atoms with van der Waals surface area (Å²) in [6, 6.07) is 7.96. The van der Waals surface area contributed by atoms with E-state index in [0.29, 0.717) is 0 Å². The predicted molar refractivity (Wildman–Crippen MR) is 124 cm³/mol. The zero-order valence-electron chi connectivity index (χ0n) is 18.4. The topological polar surface area (TPSA) is 127 Å². The molecule has 1 saturated heterocycles. The number of halogens is 2. The largest absolute Gasteiger partial charge is 0.377 e. The van der Waals surface area contributed by atoms with Crippen LogP contribution in [-0.2, 0) is 34.6 Å². The molecule has 188 valence electrons. The Labute approximate surface area is 203 Å². The van der Waals surface area contributed by atoms with Crippen LogP contribution < -0.4 is 4.72 Å². The Morgan fingerprint density at radius 3 is 2.18 bits per heavy atom. The summed E-state index contributed by atoms with van der Waals surface area (Å²) >= 11 is 5.97. The minimum atomic E-state index is -4.56. The molecule has 1 fully saturated rings. The Morgan fingerprint density at radius 2 is 1.62 bits per heavy atom. The van der Waals surface area contributed by atoms with Crippen LogP contribution in [0.15, 0.2) is 57.2 Å². The van der Waals surface area contributed by atoms with Crippen molar-refractivity contribution in [2.45, 2.75) is 33.1 Å².